The van der Waals surface area contributed by atoms with E-state index >= 15 is 0 Å². The maximum atomic E-state index is 13.7. The van der Waals surface area contributed by atoms with Crippen molar-refractivity contribution in [2.24, 2.45) is 0 Å². The van der Waals surface area contributed by atoms with Crippen molar-refractivity contribution >= 4 is 11.6 Å². The Morgan fingerprint density at radius 2 is 1.35 bits per heavy atom. The highest BCUT2D eigenvalue weighted by molar-refractivity contribution is 6.30. The Balaban J connectivity index is 2.83. The van der Waals surface area contributed by atoms with Crippen molar-refractivity contribution < 1.29 is 26.7 Å². The zero-order chi connectivity index (χ0) is 15.0. The van der Waals surface area contributed by atoms with Gasteiger partial charge in [-0.15, -0.1) is 0 Å². The van der Waals surface area contributed by atoms with Crippen molar-refractivity contribution in [3.63, 3.8) is 0 Å². The smallest absolute Gasteiger partial charge is 0.200 e. The molecule has 1 nitrogen and oxygen atoms in total. The molecule has 106 valence electrons. The maximum absolute atomic E-state index is 13.7. The lowest BCUT2D eigenvalue weighted by Crippen LogP contribution is -2.04. The summed E-state index contributed by atoms with van der Waals surface area (Å²) in [6, 6.07) is 3.56. The van der Waals surface area contributed by atoms with E-state index in [0.717, 1.165) is 6.07 Å². The van der Waals surface area contributed by atoms with Crippen molar-refractivity contribution in [3.05, 3.63) is 52.3 Å². The summed E-state index contributed by atoms with van der Waals surface area (Å²) >= 11 is 5.67. The Morgan fingerprint density at radius 1 is 0.850 bits per heavy atom. The fourth-order valence-electron chi connectivity index (χ4n) is 1.71. The van der Waals surface area contributed by atoms with Crippen LogP contribution in [-0.4, -0.2) is 7.11 Å². The summed E-state index contributed by atoms with van der Waals surface area (Å²) in [5, 5.41) is 0.189. The number of halogens is 6. The number of ether oxygens (including phenoxy) is 1. The Bertz CT molecular complexity index is 658. The molecule has 2 aromatic carbocycles. The first-order valence-corrected chi connectivity index (χ1v) is 5.61. The Kier molecular flexibility index (Phi) is 3.85. The van der Waals surface area contributed by atoms with E-state index in [0.29, 0.717) is 0 Å². The standard InChI is InChI=1S/C13H6ClF5O/c1-20-7-4-5(14)2-3-6(7)8-9(15)11(17)13(19)12(18)10(8)16/h2-4H,1H3. The quantitative estimate of drug-likeness (QED) is 0.443. The normalized spacial score (nSPS) is 10.8. The first kappa shape index (κ1) is 14.6. The van der Waals surface area contributed by atoms with Crippen LogP contribution in [0.3, 0.4) is 0 Å². The molecule has 0 amide bonds. The summed E-state index contributed by atoms with van der Waals surface area (Å²) in [5.74, 6) is -10.2. The van der Waals surface area contributed by atoms with Crippen molar-refractivity contribution in [1.82, 2.24) is 0 Å². The first-order valence-electron chi connectivity index (χ1n) is 5.23. The van der Waals surface area contributed by atoms with Gasteiger partial charge in [-0.1, -0.05) is 11.6 Å². The SMILES string of the molecule is COc1cc(Cl)ccc1-c1c(F)c(F)c(F)c(F)c1F. The molecule has 2 aromatic rings. The van der Waals surface area contributed by atoms with E-state index in [1.165, 1.54) is 19.2 Å². The second kappa shape index (κ2) is 5.28. The lowest BCUT2D eigenvalue weighted by atomic mass is 10.0. The molecule has 2 rings (SSSR count). The predicted octanol–water partition coefficient (Wildman–Crippen LogP) is 4.71. The van der Waals surface area contributed by atoms with Gasteiger partial charge in [-0.2, -0.15) is 0 Å². The average molecular weight is 309 g/mol. The highest BCUT2D eigenvalue weighted by atomic mass is 35.5. The number of methoxy groups -OCH3 is 1. The minimum Gasteiger partial charge on any atom is -0.496 e. The van der Waals surface area contributed by atoms with E-state index in [9.17, 15) is 22.0 Å². The molecular weight excluding hydrogens is 303 g/mol. The summed E-state index contributed by atoms with van der Waals surface area (Å²) < 4.78 is 71.6. The summed E-state index contributed by atoms with van der Waals surface area (Å²) in [4.78, 5) is 0. The molecule has 0 bridgehead atoms. The van der Waals surface area contributed by atoms with Gasteiger partial charge in [-0.3, -0.25) is 0 Å². The molecule has 7 heteroatoms. The van der Waals surface area contributed by atoms with Gasteiger partial charge >= 0.3 is 0 Å². The predicted molar refractivity (Wildman–Crippen MR) is 63.2 cm³/mol. The number of hydrogen-bond acceptors (Lipinski definition) is 1. The zero-order valence-electron chi connectivity index (χ0n) is 9.91. The fraction of sp³-hybridized carbons (Fsp3) is 0.0769. The van der Waals surface area contributed by atoms with Gasteiger partial charge in [-0.05, 0) is 18.2 Å². The molecule has 0 saturated carbocycles. The van der Waals surface area contributed by atoms with Gasteiger partial charge in [0.15, 0.2) is 23.3 Å². The van der Waals surface area contributed by atoms with Gasteiger partial charge in [0.05, 0.1) is 12.7 Å². The van der Waals surface area contributed by atoms with E-state index in [1.807, 2.05) is 0 Å². The number of benzene rings is 2. The molecule has 0 fully saturated rings. The molecule has 0 aliphatic heterocycles. The van der Waals surface area contributed by atoms with Crippen molar-refractivity contribution in [2.75, 3.05) is 7.11 Å². The van der Waals surface area contributed by atoms with Crippen LogP contribution in [0.15, 0.2) is 18.2 Å². The lowest BCUT2D eigenvalue weighted by molar-refractivity contribution is 0.379. The van der Waals surface area contributed by atoms with Crippen LogP contribution in [0.1, 0.15) is 0 Å². The van der Waals surface area contributed by atoms with Crippen LogP contribution >= 0.6 is 11.6 Å². The van der Waals surface area contributed by atoms with Crippen molar-refractivity contribution in [3.8, 4) is 16.9 Å². The number of hydrogen-bond donors (Lipinski definition) is 0. The van der Waals surface area contributed by atoms with Crippen LogP contribution in [0.5, 0.6) is 5.75 Å². The maximum Gasteiger partial charge on any atom is 0.200 e. The largest absolute Gasteiger partial charge is 0.496 e. The molecule has 0 aromatic heterocycles. The second-order valence-electron chi connectivity index (χ2n) is 3.79. The van der Waals surface area contributed by atoms with Crippen LogP contribution in [0.2, 0.25) is 5.02 Å². The van der Waals surface area contributed by atoms with Gasteiger partial charge < -0.3 is 4.74 Å². The topological polar surface area (TPSA) is 9.23 Å². The summed E-state index contributed by atoms with van der Waals surface area (Å²) in [6.45, 7) is 0. The van der Waals surface area contributed by atoms with Gasteiger partial charge in [0, 0.05) is 10.6 Å². The second-order valence-corrected chi connectivity index (χ2v) is 4.23. The monoisotopic (exact) mass is 308 g/mol. The van der Waals surface area contributed by atoms with Gasteiger partial charge in [0.25, 0.3) is 0 Å². The van der Waals surface area contributed by atoms with Crippen LogP contribution in [-0.2, 0) is 0 Å². The molecule has 0 N–H and O–H groups in total. The van der Waals surface area contributed by atoms with E-state index < -0.39 is 34.6 Å². The minimum atomic E-state index is -2.21. The van der Waals surface area contributed by atoms with E-state index in [1.54, 1.807) is 0 Å². The highest BCUT2D eigenvalue weighted by Crippen LogP contribution is 2.37. The minimum absolute atomic E-state index is 0.110. The molecule has 0 spiro atoms. The zero-order valence-corrected chi connectivity index (χ0v) is 10.7. The molecule has 0 unspecified atom stereocenters. The third kappa shape index (κ3) is 2.20. The molecule has 0 atom stereocenters. The summed E-state index contributed by atoms with van der Waals surface area (Å²) in [7, 11) is 1.18. The molecule has 20 heavy (non-hydrogen) atoms. The van der Waals surface area contributed by atoms with Crippen molar-refractivity contribution in [2.45, 2.75) is 0 Å². The third-order valence-electron chi connectivity index (χ3n) is 2.64. The van der Waals surface area contributed by atoms with E-state index in [4.69, 9.17) is 16.3 Å². The van der Waals surface area contributed by atoms with Gasteiger partial charge in [0.2, 0.25) is 5.82 Å². The van der Waals surface area contributed by atoms with Crippen LogP contribution in [0.4, 0.5) is 22.0 Å². The third-order valence-corrected chi connectivity index (χ3v) is 2.88. The first-order chi connectivity index (χ1) is 9.38. The summed E-state index contributed by atoms with van der Waals surface area (Å²) in [6.07, 6.45) is 0. The summed E-state index contributed by atoms with van der Waals surface area (Å²) in [5.41, 5.74) is -1.35. The average Bonchev–Trinajstić information content (AvgIpc) is 2.44. The number of rotatable bonds is 2. The molecule has 0 radical (unpaired) electrons. The Hall–Kier alpha value is -1.82. The fourth-order valence-corrected chi connectivity index (χ4v) is 1.88. The van der Waals surface area contributed by atoms with Crippen LogP contribution in [0, 0.1) is 29.1 Å². The van der Waals surface area contributed by atoms with E-state index in [2.05, 4.69) is 0 Å². The van der Waals surface area contributed by atoms with Crippen LogP contribution < -0.4 is 4.74 Å². The van der Waals surface area contributed by atoms with Gasteiger partial charge in [-0.25, -0.2) is 22.0 Å². The Labute approximate surface area is 115 Å². The molecule has 0 aliphatic carbocycles. The van der Waals surface area contributed by atoms with E-state index in [-0.39, 0.29) is 16.3 Å². The lowest BCUT2D eigenvalue weighted by Gasteiger charge is -2.12. The molecule has 0 aliphatic rings. The van der Waals surface area contributed by atoms with Crippen LogP contribution in [0.25, 0.3) is 11.1 Å². The Morgan fingerprint density at radius 3 is 1.85 bits per heavy atom. The highest BCUT2D eigenvalue weighted by Gasteiger charge is 2.28. The molecular formula is C13H6ClF5O. The van der Waals surface area contributed by atoms with Crippen molar-refractivity contribution in [1.29, 1.82) is 0 Å². The van der Waals surface area contributed by atoms with Gasteiger partial charge in [0.1, 0.15) is 5.75 Å². The molecule has 0 saturated heterocycles. The molecule has 0 heterocycles.